The van der Waals surface area contributed by atoms with Gasteiger partial charge in [-0.05, 0) is 62.7 Å². The molecule has 0 radical (unpaired) electrons. The minimum atomic E-state index is 0.515. The molecule has 7 atom stereocenters. The highest BCUT2D eigenvalue weighted by molar-refractivity contribution is 8.00. The van der Waals surface area contributed by atoms with Gasteiger partial charge in [0.05, 0.1) is 12.2 Å². The number of ether oxygens (including phenoxy) is 2. The van der Waals surface area contributed by atoms with Crippen LogP contribution in [0.3, 0.4) is 0 Å². The van der Waals surface area contributed by atoms with Crippen LogP contribution in [-0.4, -0.2) is 35.9 Å². The second-order valence-electron chi connectivity index (χ2n) is 7.62. The molecule has 3 aliphatic rings. The number of fused-ring (bicyclic) bond motifs is 3. The maximum absolute atomic E-state index is 6.14. The molecular formula is C19H34O2S. The Balaban J connectivity index is 1.57. The average molecular weight is 327 g/mol. The fraction of sp³-hybridized carbons (Fsp3) is 1.00. The molecule has 0 spiro atoms. The van der Waals surface area contributed by atoms with E-state index in [1.165, 1.54) is 32.1 Å². The summed E-state index contributed by atoms with van der Waals surface area (Å²) in [6.45, 7) is 8.76. The molecule has 2 nitrogen and oxygen atoms in total. The van der Waals surface area contributed by atoms with Crippen molar-refractivity contribution in [3.05, 3.63) is 0 Å². The molecule has 1 saturated heterocycles. The third-order valence-electron chi connectivity index (χ3n) is 6.08. The number of hydrogen-bond donors (Lipinski definition) is 0. The van der Waals surface area contributed by atoms with Crippen LogP contribution >= 0.6 is 11.8 Å². The van der Waals surface area contributed by atoms with Crippen molar-refractivity contribution in [2.24, 2.45) is 17.8 Å². The molecule has 2 aliphatic carbocycles. The Kier molecular flexibility index (Phi) is 6.14. The average Bonchev–Trinajstić information content (AvgIpc) is 2.91. The molecule has 0 aromatic carbocycles. The lowest BCUT2D eigenvalue weighted by Gasteiger charge is -2.39. The topological polar surface area (TPSA) is 18.5 Å². The fourth-order valence-corrected chi connectivity index (χ4v) is 7.20. The van der Waals surface area contributed by atoms with Crippen molar-refractivity contribution < 1.29 is 9.47 Å². The third-order valence-corrected chi connectivity index (χ3v) is 8.07. The van der Waals surface area contributed by atoms with Crippen LogP contribution in [-0.2, 0) is 9.47 Å². The van der Waals surface area contributed by atoms with Crippen molar-refractivity contribution in [1.29, 1.82) is 0 Å². The van der Waals surface area contributed by atoms with Crippen molar-refractivity contribution >= 4 is 11.8 Å². The zero-order chi connectivity index (χ0) is 15.5. The zero-order valence-electron chi connectivity index (χ0n) is 14.6. The van der Waals surface area contributed by atoms with Crippen molar-refractivity contribution in [2.75, 3.05) is 13.2 Å². The van der Waals surface area contributed by atoms with Gasteiger partial charge in [0, 0.05) is 23.7 Å². The predicted octanol–water partition coefficient (Wildman–Crippen LogP) is 4.91. The summed E-state index contributed by atoms with van der Waals surface area (Å²) in [5, 5.41) is 1.70. The SMILES string of the molecule is CCCOC1CCC2C(C1)SC1C(C)C(OCCC)CCC21. The molecule has 128 valence electrons. The summed E-state index contributed by atoms with van der Waals surface area (Å²) in [4.78, 5) is 0. The first kappa shape index (κ1) is 17.1. The monoisotopic (exact) mass is 326 g/mol. The van der Waals surface area contributed by atoms with E-state index in [9.17, 15) is 0 Å². The highest BCUT2D eigenvalue weighted by Gasteiger charge is 2.51. The minimum absolute atomic E-state index is 0.515. The summed E-state index contributed by atoms with van der Waals surface area (Å²) >= 11 is 2.30. The predicted molar refractivity (Wildman–Crippen MR) is 94.5 cm³/mol. The first-order valence-corrected chi connectivity index (χ1v) is 10.6. The van der Waals surface area contributed by atoms with E-state index in [2.05, 4.69) is 32.5 Å². The summed E-state index contributed by atoms with van der Waals surface area (Å²) in [6, 6.07) is 0. The van der Waals surface area contributed by atoms with E-state index in [1.807, 2.05) is 0 Å². The lowest BCUT2D eigenvalue weighted by Crippen LogP contribution is -2.40. The van der Waals surface area contributed by atoms with E-state index in [1.54, 1.807) is 0 Å². The molecule has 3 rings (SSSR count). The Morgan fingerprint density at radius 1 is 0.909 bits per heavy atom. The first-order chi connectivity index (χ1) is 10.7. The van der Waals surface area contributed by atoms with Crippen LogP contribution in [0.2, 0.25) is 0 Å². The number of rotatable bonds is 6. The molecule has 3 fully saturated rings. The summed E-state index contributed by atoms with van der Waals surface area (Å²) in [5.74, 6) is 2.65. The van der Waals surface area contributed by atoms with E-state index in [4.69, 9.17) is 9.47 Å². The molecule has 0 aromatic heterocycles. The van der Waals surface area contributed by atoms with Crippen LogP contribution < -0.4 is 0 Å². The minimum Gasteiger partial charge on any atom is -0.378 e. The smallest absolute Gasteiger partial charge is 0.0611 e. The summed E-state index contributed by atoms with van der Waals surface area (Å²) in [6.07, 6.45) is 10.0. The van der Waals surface area contributed by atoms with E-state index >= 15 is 0 Å². The van der Waals surface area contributed by atoms with Gasteiger partial charge in [0.1, 0.15) is 0 Å². The van der Waals surface area contributed by atoms with Crippen LogP contribution in [0.4, 0.5) is 0 Å². The molecule has 7 unspecified atom stereocenters. The lowest BCUT2D eigenvalue weighted by atomic mass is 9.69. The van der Waals surface area contributed by atoms with Gasteiger partial charge < -0.3 is 9.47 Å². The van der Waals surface area contributed by atoms with Gasteiger partial charge in [-0.2, -0.15) is 11.8 Å². The van der Waals surface area contributed by atoms with Gasteiger partial charge in [-0.3, -0.25) is 0 Å². The summed E-state index contributed by atoms with van der Waals surface area (Å²) in [5.41, 5.74) is 0. The molecule has 2 saturated carbocycles. The third kappa shape index (κ3) is 3.52. The van der Waals surface area contributed by atoms with Gasteiger partial charge >= 0.3 is 0 Å². The Morgan fingerprint density at radius 3 is 2.41 bits per heavy atom. The zero-order valence-corrected chi connectivity index (χ0v) is 15.4. The van der Waals surface area contributed by atoms with Gasteiger partial charge in [0.15, 0.2) is 0 Å². The van der Waals surface area contributed by atoms with Gasteiger partial charge in [-0.1, -0.05) is 20.8 Å². The molecular weight excluding hydrogens is 292 g/mol. The van der Waals surface area contributed by atoms with E-state index in [0.29, 0.717) is 12.2 Å². The van der Waals surface area contributed by atoms with Crippen LogP contribution in [0.1, 0.15) is 65.7 Å². The van der Waals surface area contributed by atoms with Crippen LogP contribution in [0.15, 0.2) is 0 Å². The van der Waals surface area contributed by atoms with E-state index in [0.717, 1.165) is 54.3 Å². The normalized spacial score (nSPS) is 44.6. The lowest BCUT2D eigenvalue weighted by molar-refractivity contribution is -0.0247. The Labute approximate surface area is 141 Å². The van der Waals surface area contributed by atoms with Crippen LogP contribution in [0.25, 0.3) is 0 Å². The first-order valence-electron chi connectivity index (χ1n) is 9.63. The van der Waals surface area contributed by atoms with Crippen molar-refractivity contribution in [1.82, 2.24) is 0 Å². The van der Waals surface area contributed by atoms with Gasteiger partial charge in [-0.15, -0.1) is 0 Å². The summed E-state index contributed by atoms with van der Waals surface area (Å²) < 4.78 is 12.2. The molecule has 0 amide bonds. The van der Waals surface area contributed by atoms with Crippen LogP contribution in [0.5, 0.6) is 0 Å². The maximum Gasteiger partial charge on any atom is 0.0611 e. The molecule has 0 aromatic rings. The van der Waals surface area contributed by atoms with Crippen molar-refractivity contribution in [3.63, 3.8) is 0 Å². The highest BCUT2D eigenvalue weighted by atomic mass is 32.2. The molecule has 3 heteroatoms. The fourth-order valence-electron chi connectivity index (χ4n) is 4.97. The highest BCUT2D eigenvalue weighted by Crippen LogP contribution is 2.56. The van der Waals surface area contributed by atoms with Gasteiger partial charge in [0.25, 0.3) is 0 Å². The van der Waals surface area contributed by atoms with E-state index in [-0.39, 0.29) is 0 Å². The molecule has 1 aliphatic heterocycles. The molecule has 0 bridgehead atoms. The Morgan fingerprint density at radius 2 is 1.64 bits per heavy atom. The Bertz CT molecular complexity index is 348. The van der Waals surface area contributed by atoms with Crippen molar-refractivity contribution in [2.45, 2.75) is 88.4 Å². The Hall–Kier alpha value is 0.270. The van der Waals surface area contributed by atoms with E-state index < -0.39 is 0 Å². The second-order valence-corrected chi connectivity index (χ2v) is 9.04. The molecule has 0 N–H and O–H groups in total. The standard InChI is InChI=1S/C19H34O2S/c1-4-10-20-14-6-7-15-16-8-9-17(21-11-5-2)13(3)19(16)22-18(15)12-14/h13-19H,4-12H2,1-3H3. The van der Waals surface area contributed by atoms with Crippen molar-refractivity contribution in [3.8, 4) is 0 Å². The number of hydrogen-bond acceptors (Lipinski definition) is 3. The quantitative estimate of drug-likeness (QED) is 0.691. The van der Waals surface area contributed by atoms with Gasteiger partial charge in [0.2, 0.25) is 0 Å². The molecule has 22 heavy (non-hydrogen) atoms. The van der Waals surface area contributed by atoms with Crippen LogP contribution in [0, 0.1) is 17.8 Å². The number of thioether (sulfide) groups is 1. The second kappa shape index (κ2) is 7.90. The molecule has 1 heterocycles. The van der Waals surface area contributed by atoms with Gasteiger partial charge in [-0.25, -0.2) is 0 Å². The largest absolute Gasteiger partial charge is 0.378 e. The summed E-state index contributed by atoms with van der Waals surface area (Å²) in [7, 11) is 0. The maximum atomic E-state index is 6.14.